The molecular weight excluding hydrogens is 414 g/mol. The number of nitrogens with one attached hydrogen (secondary N) is 2. The van der Waals surface area contributed by atoms with E-state index in [-0.39, 0.29) is 30.7 Å². The third kappa shape index (κ3) is 4.61. The van der Waals surface area contributed by atoms with Gasteiger partial charge in [0.1, 0.15) is 12.4 Å². The highest BCUT2D eigenvalue weighted by Gasteiger charge is 2.36. The summed E-state index contributed by atoms with van der Waals surface area (Å²) >= 11 is 1.73. The quantitative estimate of drug-likeness (QED) is 0.688. The first-order valence-corrected chi connectivity index (χ1v) is 11.7. The van der Waals surface area contributed by atoms with Crippen molar-refractivity contribution in [1.29, 1.82) is 0 Å². The smallest absolute Gasteiger partial charge is 0.241 e. The first-order chi connectivity index (χ1) is 15.0. The molecule has 9 heteroatoms. The molecule has 0 unspecified atom stereocenters. The number of fused-ring (bicyclic) bond motifs is 1. The topological polar surface area (TPSA) is 96.3 Å². The van der Waals surface area contributed by atoms with Gasteiger partial charge in [0.2, 0.25) is 17.7 Å². The molecule has 1 aromatic heterocycles. The minimum Gasteiger partial charge on any atom is -0.355 e. The van der Waals surface area contributed by atoms with Crippen LogP contribution in [0.3, 0.4) is 0 Å². The van der Waals surface area contributed by atoms with Crippen LogP contribution in [-0.4, -0.2) is 40.6 Å². The first kappa shape index (κ1) is 21.4. The lowest BCUT2D eigenvalue weighted by Gasteiger charge is -2.17. The number of benzene rings is 1. The Labute approximate surface area is 185 Å². The fraction of sp³-hybridized carbons (Fsp3) is 0.455. The van der Waals surface area contributed by atoms with Gasteiger partial charge in [0.05, 0.1) is 11.6 Å². The zero-order valence-corrected chi connectivity index (χ0v) is 18.6. The van der Waals surface area contributed by atoms with E-state index in [0.717, 1.165) is 40.4 Å². The lowest BCUT2D eigenvalue weighted by atomic mass is 10.1. The molecule has 164 valence electrons. The van der Waals surface area contributed by atoms with E-state index in [0.29, 0.717) is 18.9 Å². The first-order valence-electron chi connectivity index (χ1n) is 10.6. The van der Waals surface area contributed by atoms with Crippen LogP contribution in [0.15, 0.2) is 24.3 Å². The van der Waals surface area contributed by atoms with Crippen molar-refractivity contribution >= 4 is 41.0 Å². The molecule has 1 aromatic carbocycles. The maximum absolute atomic E-state index is 13.1. The normalized spacial score (nSPS) is 17.7. The number of carbonyl (C=O) groups is 3. The van der Waals surface area contributed by atoms with Gasteiger partial charge in [-0.15, -0.1) is 0 Å². The molecule has 0 aliphatic carbocycles. The summed E-state index contributed by atoms with van der Waals surface area (Å²) in [6, 6.07) is 7.72. The van der Waals surface area contributed by atoms with Crippen LogP contribution in [0.2, 0.25) is 0 Å². The van der Waals surface area contributed by atoms with Crippen LogP contribution in [0.4, 0.5) is 11.5 Å². The van der Waals surface area contributed by atoms with Gasteiger partial charge < -0.3 is 15.5 Å². The molecule has 3 amide bonds. The zero-order chi connectivity index (χ0) is 22.0. The fourth-order valence-electron chi connectivity index (χ4n) is 3.85. The average Bonchev–Trinajstić information content (AvgIpc) is 3.44. The third-order valence-electron chi connectivity index (χ3n) is 5.57. The summed E-state index contributed by atoms with van der Waals surface area (Å²) in [5.41, 5.74) is 3.81. The number of carbonyl (C=O) groups excluding carboxylic acids is 3. The molecule has 2 aliphatic heterocycles. The van der Waals surface area contributed by atoms with E-state index in [2.05, 4.69) is 15.7 Å². The molecule has 0 bridgehead atoms. The molecule has 0 radical (unpaired) electrons. The predicted octanol–water partition coefficient (Wildman–Crippen LogP) is 2.46. The summed E-state index contributed by atoms with van der Waals surface area (Å²) in [5.74, 6) is 1.25. The van der Waals surface area contributed by atoms with Crippen molar-refractivity contribution in [3.8, 4) is 0 Å². The molecule has 31 heavy (non-hydrogen) atoms. The summed E-state index contributed by atoms with van der Waals surface area (Å²) in [7, 11) is 0. The predicted molar refractivity (Wildman–Crippen MR) is 121 cm³/mol. The van der Waals surface area contributed by atoms with Gasteiger partial charge in [-0.25, -0.2) is 4.68 Å². The minimum atomic E-state index is -0.448. The fourth-order valence-corrected chi connectivity index (χ4v) is 4.89. The van der Waals surface area contributed by atoms with Crippen LogP contribution < -0.4 is 15.5 Å². The van der Waals surface area contributed by atoms with E-state index in [1.165, 1.54) is 0 Å². The summed E-state index contributed by atoms with van der Waals surface area (Å²) in [4.78, 5) is 39.5. The molecule has 1 atom stereocenters. The molecule has 4 rings (SSSR count). The molecular formula is C22H27N5O3S. The molecule has 1 saturated heterocycles. The maximum atomic E-state index is 13.1. The minimum absolute atomic E-state index is 0.0581. The summed E-state index contributed by atoms with van der Waals surface area (Å²) < 4.78 is 1.59. The van der Waals surface area contributed by atoms with E-state index in [9.17, 15) is 14.4 Å². The second-order valence-electron chi connectivity index (χ2n) is 8.00. The highest BCUT2D eigenvalue weighted by Crippen LogP contribution is 2.35. The zero-order valence-electron chi connectivity index (χ0n) is 17.8. The van der Waals surface area contributed by atoms with Gasteiger partial charge in [0.25, 0.3) is 0 Å². The number of hydrogen-bond acceptors (Lipinski definition) is 5. The molecule has 2 aromatic rings. The number of amides is 3. The number of nitrogens with zero attached hydrogens (tertiary/aromatic N) is 3. The van der Waals surface area contributed by atoms with Crippen molar-refractivity contribution < 1.29 is 14.4 Å². The van der Waals surface area contributed by atoms with Crippen LogP contribution in [-0.2, 0) is 32.4 Å². The van der Waals surface area contributed by atoms with Gasteiger partial charge in [0.15, 0.2) is 0 Å². The number of aromatic nitrogens is 2. The van der Waals surface area contributed by atoms with Gasteiger partial charge in [-0.2, -0.15) is 16.9 Å². The Kier molecular flexibility index (Phi) is 6.31. The van der Waals surface area contributed by atoms with Gasteiger partial charge in [-0.05, 0) is 25.5 Å². The molecule has 8 nitrogen and oxygen atoms in total. The van der Waals surface area contributed by atoms with Crippen molar-refractivity contribution in [2.24, 2.45) is 5.92 Å². The second-order valence-corrected chi connectivity index (χ2v) is 8.99. The number of hydrogen-bond donors (Lipinski definition) is 2. The lowest BCUT2D eigenvalue weighted by Crippen LogP contribution is -2.31. The molecule has 1 fully saturated rings. The van der Waals surface area contributed by atoms with Crippen LogP contribution in [0.1, 0.15) is 36.6 Å². The van der Waals surface area contributed by atoms with E-state index in [4.69, 9.17) is 0 Å². The number of aryl methyl sites for hydroxylation is 1. The van der Waals surface area contributed by atoms with Crippen LogP contribution in [0.25, 0.3) is 0 Å². The SMILES string of the molecule is CCCNC(=O)Cn1nc2c(c1NC(=O)[C@@H]1CC(=O)N(c3ccc(C)cc3)C1)CSC2. The Morgan fingerprint density at radius 1 is 1.23 bits per heavy atom. The largest absolute Gasteiger partial charge is 0.355 e. The average molecular weight is 442 g/mol. The number of thioether (sulfide) groups is 1. The molecule has 2 N–H and O–H groups in total. The Balaban J connectivity index is 1.47. The molecule has 2 aliphatic rings. The van der Waals surface area contributed by atoms with Crippen LogP contribution in [0, 0.1) is 12.8 Å². The Morgan fingerprint density at radius 2 is 2.00 bits per heavy atom. The highest BCUT2D eigenvalue weighted by atomic mass is 32.2. The maximum Gasteiger partial charge on any atom is 0.241 e. The Hall–Kier alpha value is -2.81. The van der Waals surface area contributed by atoms with Crippen molar-refractivity contribution in [3.63, 3.8) is 0 Å². The van der Waals surface area contributed by atoms with Crippen molar-refractivity contribution in [2.45, 2.75) is 44.7 Å². The second kappa shape index (κ2) is 9.13. The molecule has 3 heterocycles. The molecule has 0 spiro atoms. The van der Waals surface area contributed by atoms with E-state index < -0.39 is 5.92 Å². The Morgan fingerprint density at radius 3 is 2.74 bits per heavy atom. The van der Waals surface area contributed by atoms with Crippen LogP contribution in [0.5, 0.6) is 0 Å². The lowest BCUT2D eigenvalue weighted by molar-refractivity contribution is -0.122. The van der Waals surface area contributed by atoms with E-state index >= 15 is 0 Å². The van der Waals surface area contributed by atoms with Crippen molar-refractivity contribution in [3.05, 3.63) is 41.1 Å². The van der Waals surface area contributed by atoms with Gasteiger partial charge in [-0.1, -0.05) is 24.6 Å². The summed E-state index contributed by atoms with van der Waals surface area (Å²) in [6.45, 7) is 5.00. The third-order valence-corrected chi connectivity index (χ3v) is 6.54. The highest BCUT2D eigenvalue weighted by molar-refractivity contribution is 7.98. The molecule has 0 saturated carbocycles. The summed E-state index contributed by atoms with van der Waals surface area (Å²) in [5, 5.41) is 10.4. The summed E-state index contributed by atoms with van der Waals surface area (Å²) in [6.07, 6.45) is 1.02. The monoisotopic (exact) mass is 441 g/mol. The Bertz CT molecular complexity index is 1000. The standard InChI is InChI=1S/C22H27N5O3S/c1-3-8-23-19(28)11-27-21(17-12-31-13-18(17)25-27)24-22(30)15-9-20(29)26(10-15)16-6-4-14(2)5-7-16/h4-7,15H,3,8-13H2,1-2H3,(H,23,28)(H,24,30)/t15-/m1/s1. The van der Waals surface area contributed by atoms with Crippen molar-refractivity contribution in [1.82, 2.24) is 15.1 Å². The van der Waals surface area contributed by atoms with Crippen LogP contribution >= 0.6 is 11.8 Å². The number of rotatable bonds is 7. The van der Waals surface area contributed by atoms with Gasteiger partial charge >= 0.3 is 0 Å². The van der Waals surface area contributed by atoms with Gasteiger partial charge in [0, 0.05) is 42.3 Å². The van der Waals surface area contributed by atoms with E-state index in [1.807, 2.05) is 38.1 Å². The number of anilines is 2. The van der Waals surface area contributed by atoms with E-state index in [1.54, 1.807) is 21.3 Å². The van der Waals surface area contributed by atoms with Gasteiger partial charge in [-0.3, -0.25) is 14.4 Å². The van der Waals surface area contributed by atoms with Crippen molar-refractivity contribution in [2.75, 3.05) is 23.3 Å².